The number of nitrogens with zero attached hydrogens (tertiary/aromatic N) is 2. The van der Waals surface area contributed by atoms with E-state index in [9.17, 15) is 4.79 Å². The van der Waals surface area contributed by atoms with Gasteiger partial charge in [0.25, 0.3) is 0 Å². The van der Waals surface area contributed by atoms with Crippen LogP contribution in [0.5, 0.6) is 0 Å². The van der Waals surface area contributed by atoms with Crippen LogP contribution in [0.25, 0.3) is 5.52 Å². The second kappa shape index (κ2) is 3.07. The molecule has 16 heavy (non-hydrogen) atoms. The topological polar surface area (TPSA) is 54.6 Å². The fraction of sp³-hybridized carbons (Fsp3) is 0.333. The minimum absolute atomic E-state index is 0.515. The number of pyridine rings is 1. The molecule has 0 amide bonds. The lowest BCUT2D eigenvalue weighted by Crippen LogP contribution is -2.17. The molecule has 0 unspecified atom stereocenters. The third kappa shape index (κ3) is 1.30. The summed E-state index contributed by atoms with van der Waals surface area (Å²) in [7, 11) is 0. The molecule has 0 saturated heterocycles. The van der Waals surface area contributed by atoms with E-state index in [1.807, 2.05) is 24.4 Å². The van der Waals surface area contributed by atoms with E-state index in [2.05, 4.69) is 5.10 Å². The number of aromatic nitrogens is 2. The van der Waals surface area contributed by atoms with Crippen molar-refractivity contribution >= 4 is 11.5 Å². The predicted octanol–water partition coefficient (Wildman–Crippen LogP) is 1.74. The highest BCUT2D eigenvalue weighted by Crippen LogP contribution is 2.48. The summed E-state index contributed by atoms with van der Waals surface area (Å²) in [6.07, 6.45) is 5.81. The molecule has 3 rings (SSSR count). The maximum Gasteiger partial charge on any atom is 0.309 e. The van der Waals surface area contributed by atoms with E-state index in [1.165, 1.54) is 0 Å². The highest BCUT2D eigenvalue weighted by Gasteiger charge is 2.50. The number of aliphatic carboxylic acids is 1. The molecule has 2 aromatic rings. The van der Waals surface area contributed by atoms with Crippen molar-refractivity contribution in [3.8, 4) is 0 Å². The molecule has 2 heterocycles. The molecule has 1 aliphatic rings. The van der Waals surface area contributed by atoms with Crippen LogP contribution in [0.2, 0.25) is 0 Å². The fourth-order valence-electron chi connectivity index (χ4n) is 2.11. The molecule has 0 aromatic carbocycles. The lowest BCUT2D eigenvalue weighted by Gasteiger charge is -2.07. The van der Waals surface area contributed by atoms with Gasteiger partial charge in [0.2, 0.25) is 0 Å². The van der Waals surface area contributed by atoms with Gasteiger partial charge in [-0.25, -0.2) is 4.52 Å². The Bertz CT molecular complexity index is 555. The summed E-state index contributed by atoms with van der Waals surface area (Å²) < 4.78 is 1.78. The average Bonchev–Trinajstić information content (AvgIpc) is 2.96. The highest BCUT2D eigenvalue weighted by atomic mass is 16.4. The van der Waals surface area contributed by atoms with Crippen LogP contribution in [0, 0.1) is 5.41 Å². The molecule has 0 atom stereocenters. The average molecular weight is 216 g/mol. The lowest BCUT2D eigenvalue weighted by atomic mass is 9.98. The molecule has 0 spiro atoms. The molecule has 1 saturated carbocycles. The van der Waals surface area contributed by atoms with Gasteiger partial charge in [-0.3, -0.25) is 4.79 Å². The van der Waals surface area contributed by atoms with Crippen molar-refractivity contribution in [2.24, 2.45) is 5.41 Å². The first kappa shape index (κ1) is 9.39. The zero-order chi connectivity index (χ0) is 11.2. The van der Waals surface area contributed by atoms with E-state index in [0.717, 1.165) is 23.9 Å². The molecule has 0 aliphatic heterocycles. The predicted molar refractivity (Wildman–Crippen MR) is 58.2 cm³/mol. The van der Waals surface area contributed by atoms with Crippen molar-refractivity contribution in [1.82, 2.24) is 9.61 Å². The van der Waals surface area contributed by atoms with Crippen LogP contribution in [0.15, 0.2) is 30.6 Å². The van der Waals surface area contributed by atoms with Gasteiger partial charge >= 0.3 is 5.97 Å². The Kier molecular flexibility index (Phi) is 1.80. The zero-order valence-electron chi connectivity index (χ0n) is 8.76. The first-order valence-electron chi connectivity index (χ1n) is 5.36. The Morgan fingerprint density at radius 3 is 3.00 bits per heavy atom. The van der Waals surface area contributed by atoms with Crippen molar-refractivity contribution < 1.29 is 9.90 Å². The Morgan fingerprint density at radius 2 is 2.31 bits per heavy atom. The largest absolute Gasteiger partial charge is 0.481 e. The van der Waals surface area contributed by atoms with Crippen molar-refractivity contribution in [3.05, 3.63) is 36.2 Å². The number of carboxylic acid groups (broad SMARTS) is 1. The Labute approximate surface area is 92.5 Å². The van der Waals surface area contributed by atoms with Crippen LogP contribution in [0.3, 0.4) is 0 Å². The van der Waals surface area contributed by atoms with Gasteiger partial charge in [-0.05, 0) is 37.0 Å². The van der Waals surface area contributed by atoms with Crippen LogP contribution in [0.4, 0.5) is 0 Å². The van der Waals surface area contributed by atoms with Crippen molar-refractivity contribution in [2.75, 3.05) is 0 Å². The Hall–Kier alpha value is -1.84. The van der Waals surface area contributed by atoms with Gasteiger partial charge in [0.1, 0.15) is 0 Å². The monoisotopic (exact) mass is 216 g/mol. The van der Waals surface area contributed by atoms with E-state index in [4.69, 9.17) is 5.11 Å². The van der Waals surface area contributed by atoms with Crippen molar-refractivity contribution in [1.29, 1.82) is 0 Å². The van der Waals surface area contributed by atoms with Crippen LogP contribution in [0.1, 0.15) is 18.4 Å². The SMILES string of the molecule is O=C(O)C1(Cc2cnn3ccccc23)CC1. The first-order valence-corrected chi connectivity index (χ1v) is 5.36. The van der Waals surface area contributed by atoms with E-state index < -0.39 is 11.4 Å². The number of fused-ring (bicyclic) bond motifs is 1. The molecule has 1 N–H and O–H groups in total. The summed E-state index contributed by atoms with van der Waals surface area (Å²) in [5.74, 6) is -0.678. The minimum atomic E-state index is -0.678. The molecule has 82 valence electrons. The van der Waals surface area contributed by atoms with Gasteiger partial charge < -0.3 is 5.11 Å². The number of carbonyl (C=O) groups is 1. The number of rotatable bonds is 3. The van der Waals surface area contributed by atoms with Crippen LogP contribution in [-0.2, 0) is 11.2 Å². The van der Waals surface area contributed by atoms with Gasteiger partial charge in [0, 0.05) is 6.20 Å². The molecule has 0 radical (unpaired) electrons. The van der Waals surface area contributed by atoms with E-state index in [1.54, 1.807) is 10.7 Å². The molecule has 4 nitrogen and oxygen atoms in total. The molecule has 1 aliphatic carbocycles. The quantitative estimate of drug-likeness (QED) is 0.850. The third-order valence-corrected chi connectivity index (χ3v) is 3.34. The van der Waals surface area contributed by atoms with Gasteiger partial charge in [-0.2, -0.15) is 5.10 Å². The summed E-state index contributed by atoms with van der Waals surface area (Å²) in [4.78, 5) is 11.1. The molecule has 2 aromatic heterocycles. The first-order chi connectivity index (χ1) is 7.71. The van der Waals surface area contributed by atoms with Crippen molar-refractivity contribution in [2.45, 2.75) is 19.3 Å². The summed E-state index contributed by atoms with van der Waals surface area (Å²) in [6.45, 7) is 0. The van der Waals surface area contributed by atoms with Crippen LogP contribution < -0.4 is 0 Å². The van der Waals surface area contributed by atoms with Gasteiger partial charge in [-0.1, -0.05) is 6.07 Å². The number of hydrogen-bond acceptors (Lipinski definition) is 2. The molecular formula is C12H12N2O2. The van der Waals surface area contributed by atoms with Gasteiger partial charge in [0.05, 0.1) is 17.1 Å². The molecule has 1 fully saturated rings. The normalized spacial score (nSPS) is 17.5. The Morgan fingerprint density at radius 1 is 1.50 bits per heavy atom. The fourth-order valence-corrected chi connectivity index (χ4v) is 2.11. The minimum Gasteiger partial charge on any atom is -0.481 e. The zero-order valence-corrected chi connectivity index (χ0v) is 8.76. The lowest BCUT2D eigenvalue weighted by molar-refractivity contribution is -0.143. The van der Waals surface area contributed by atoms with Crippen molar-refractivity contribution in [3.63, 3.8) is 0 Å². The second-order valence-electron chi connectivity index (χ2n) is 4.46. The standard InChI is InChI=1S/C12H12N2O2/c15-11(16)12(4-5-12)7-9-8-13-14-6-2-1-3-10(9)14/h1-3,6,8H,4-5,7H2,(H,15,16). The number of hydrogen-bond donors (Lipinski definition) is 1. The summed E-state index contributed by atoms with van der Waals surface area (Å²) in [5, 5.41) is 13.4. The Balaban J connectivity index is 1.98. The molecule has 4 heteroatoms. The van der Waals surface area contributed by atoms with Gasteiger partial charge in [0.15, 0.2) is 0 Å². The van der Waals surface area contributed by atoms with E-state index in [-0.39, 0.29) is 0 Å². The second-order valence-corrected chi connectivity index (χ2v) is 4.46. The smallest absolute Gasteiger partial charge is 0.309 e. The van der Waals surface area contributed by atoms with E-state index in [0.29, 0.717) is 6.42 Å². The third-order valence-electron chi connectivity index (χ3n) is 3.34. The molecule has 0 bridgehead atoms. The van der Waals surface area contributed by atoms with Gasteiger partial charge in [-0.15, -0.1) is 0 Å². The van der Waals surface area contributed by atoms with Crippen LogP contribution in [-0.4, -0.2) is 20.7 Å². The molecular weight excluding hydrogens is 204 g/mol. The maximum atomic E-state index is 11.1. The summed E-state index contributed by atoms with van der Waals surface area (Å²) >= 11 is 0. The highest BCUT2D eigenvalue weighted by molar-refractivity contribution is 5.78. The summed E-state index contributed by atoms with van der Waals surface area (Å²) in [5.41, 5.74) is 1.52. The number of carboxylic acids is 1. The maximum absolute atomic E-state index is 11.1. The summed E-state index contributed by atoms with van der Waals surface area (Å²) in [6, 6.07) is 5.83. The van der Waals surface area contributed by atoms with E-state index >= 15 is 0 Å². The van der Waals surface area contributed by atoms with Crippen LogP contribution >= 0.6 is 0 Å².